The monoisotopic (exact) mass is 432 g/mol. The molecule has 5 rings (SSSR count). The third-order valence-electron chi connectivity index (χ3n) is 6.15. The van der Waals surface area contributed by atoms with Crippen LogP contribution in [0.3, 0.4) is 0 Å². The number of likely N-dealkylation sites (tertiary alicyclic amines) is 1. The van der Waals surface area contributed by atoms with Gasteiger partial charge in [0.05, 0.1) is 12.1 Å². The lowest BCUT2D eigenvalue weighted by Gasteiger charge is -2.47. The lowest BCUT2D eigenvalue weighted by molar-refractivity contribution is -0.146. The summed E-state index contributed by atoms with van der Waals surface area (Å²) in [5.41, 5.74) is 2.33. The molecule has 6 nitrogen and oxygen atoms in total. The molecule has 32 heavy (non-hydrogen) atoms. The maximum Gasteiger partial charge on any atom is 0.253 e. The normalized spacial score (nSPS) is 21.8. The first-order chi connectivity index (χ1) is 15.6. The molecule has 3 heterocycles. The van der Waals surface area contributed by atoms with E-state index in [1.807, 2.05) is 42.7 Å². The number of piperidine rings is 1. The molecule has 2 aromatic carbocycles. The molecule has 2 fully saturated rings. The zero-order valence-electron chi connectivity index (χ0n) is 17.8. The van der Waals surface area contributed by atoms with Crippen LogP contribution in [0.5, 0.6) is 0 Å². The molecule has 1 spiro atoms. The van der Waals surface area contributed by atoms with Gasteiger partial charge in [0.25, 0.3) is 5.91 Å². The van der Waals surface area contributed by atoms with Gasteiger partial charge in [0.15, 0.2) is 5.82 Å². The molecule has 1 atom stereocenters. The quantitative estimate of drug-likeness (QED) is 0.630. The van der Waals surface area contributed by atoms with E-state index in [1.165, 1.54) is 12.1 Å². The number of carbonyl (C=O) groups excluding carboxylic acids is 1. The Morgan fingerprint density at radius 3 is 2.50 bits per heavy atom. The summed E-state index contributed by atoms with van der Waals surface area (Å²) < 4.78 is 19.4. The molecular weight excluding hydrogens is 407 g/mol. The predicted molar refractivity (Wildman–Crippen MR) is 119 cm³/mol. The summed E-state index contributed by atoms with van der Waals surface area (Å²) in [7, 11) is 0. The molecule has 1 amide bonds. The van der Waals surface area contributed by atoms with Gasteiger partial charge < -0.3 is 9.64 Å². The molecule has 1 aromatic heterocycles. The average Bonchev–Trinajstić information content (AvgIpc) is 2.83. The van der Waals surface area contributed by atoms with Gasteiger partial charge in [-0.25, -0.2) is 14.4 Å². The molecule has 2 saturated heterocycles. The van der Waals surface area contributed by atoms with E-state index in [2.05, 4.69) is 14.9 Å². The molecule has 0 aliphatic carbocycles. The second kappa shape index (κ2) is 8.76. The smallest absolute Gasteiger partial charge is 0.253 e. The highest BCUT2D eigenvalue weighted by Gasteiger charge is 2.43. The maximum absolute atomic E-state index is 13.3. The Morgan fingerprint density at radius 1 is 1.00 bits per heavy atom. The molecule has 7 heteroatoms. The number of ether oxygens (including phenoxy) is 1. The number of nitrogens with zero attached hydrogens (tertiary/aromatic N) is 4. The Bertz CT molecular complexity index is 1080. The maximum atomic E-state index is 13.3. The van der Waals surface area contributed by atoms with E-state index in [1.54, 1.807) is 17.0 Å². The van der Waals surface area contributed by atoms with Crippen LogP contribution in [0.1, 0.15) is 18.4 Å². The van der Waals surface area contributed by atoms with Crippen LogP contribution < -0.4 is 4.90 Å². The standard InChI is InChI=1S/C25H25FN4O2/c26-21-7-9-22(10-8-21)30-18-25(32-16-23(30)31)11-4-12-29(17-25)15-19-13-27-24(28-14-19)20-5-2-1-3-6-20/h1-3,5-10,13-14H,4,11-12,15-18H2. The van der Waals surface area contributed by atoms with Gasteiger partial charge in [-0.05, 0) is 43.7 Å². The highest BCUT2D eigenvalue weighted by Crippen LogP contribution is 2.32. The summed E-state index contributed by atoms with van der Waals surface area (Å²) in [4.78, 5) is 25.6. The van der Waals surface area contributed by atoms with Crippen molar-refractivity contribution in [3.05, 3.63) is 78.4 Å². The van der Waals surface area contributed by atoms with Crippen molar-refractivity contribution in [3.8, 4) is 11.4 Å². The summed E-state index contributed by atoms with van der Waals surface area (Å²) in [6.07, 6.45) is 5.63. The van der Waals surface area contributed by atoms with Crippen LogP contribution in [-0.2, 0) is 16.1 Å². The summed E-state index contributed by atoms with van der Waals surface area (Å²) in [6, 6.07) is 16.0. The minimum atomic E-state index is -0.425. The Morgan fingerprint density at radius 2 is 1.75 bits per heavy atom. The number of carbonyl (C=O) groups is 1. The van der Waals surface area contributed by atoms with Crippen LogP contribution >= 0.6 is 0 Å². The Labute approximate surface area is 186 Å². The molecule has 2 aliphatic rings. The first-order valence-corrected chi connectivity index (χ1v) is 10.9. The molecule has 0 N–H and O–H groups in total. The van der Waals surface area contributed by atoms with Gasteiger partial charge in [0.2, 0.25) is 0 Å². The average molecular weight is 432 g/mol. The van der Waals surface area contributed by atoms with Gasteiger partial charge in [-0.3, -0.25) is 9.69 Å². The number of hydrogen-bond acceptors (Lipinski definition) is 5. The number of aromatic nitrogens is 2. The summed E-state index contributed by atoms with van der Waals surface area (Å²) >= 11 is 0. The molecule has 0 bridgehead atoms. The Hall–Kier alpha value is -3.16. The zero-order valence-corrected chi connectivity index (χ0v) is 17.8. The van der Waals surface area contributed by atoms with Crippen LogP contribution in [0.25, 0.3) is 11.4 Å². The van der Waals surface area contributed by atoms with Crippen LogP contribution in [0, 0.1) is 5.82 Å². The van der Waals surface area contributed by atoms with Crippen molar-refractivity contribution < 1.29 is 13.9 Å². The first-order valence-electron chi connectivity index (χ1n) is 10.9. The summed E-state index contributed by atoms with van der Waals surface area (Å²) in [5.74, 6) is 0.311. The van der Waals surface area contributed by atoms with Crippen molar-refractivity contribution in [3.63, 3.8) is 0 Å². The van der Waals surface area contributed by atoms with E-state index in [0.717, 1.165) is 43.6 Å². The van der Waals surface area contributed by atoms with E-state index in [0.29, 0.717) is 18.1 Å². The van der Waals surface area contributed by atoms with E-state index in [4.69, 9.17) is 4.74 Å². The van der Waals surface area contributed by atoms with Crippen molar-refractivity contribution in [2.75, 3.05) is 31.1 Å². The van der Waals surface area contributed by atoms with Crippen LogP contribution in [-0.4, -0.2) is 52.6 Å². The van der Waals surface area contributed by atoms with Gasteiger partial charge in [0.1, 0.15) is 12.4 Å². The van der Waals surface area contributed by atoms with Crippen molar-refractivity contribution in [2.24, 2.45) is 0 Å². The molecule has 164 valence electrons. The van der Waals surface area contributed by atoms with Crippen molar-refractivity contribution in [1.82, 2.24) is 14.9 Å². The molecule has 2 aliphatic heterocycles. The lowest BCUT2D eigenvalue weighted by atomic mass is 9.90. The number of halogens is 1. The van der Waals surface area contributed by atoms with Gasteiger partial charge in [-0.1, -0.05) is 30.3 Å². The summed E-state index contributed by atoms with van der Waals surface area (Å²) in [6.45, 7) is 2.91. The van der Waals surface area contributed by atoms with Crippen LogP contribution in [0.2, 0.25) is 0 Å². The predicted octanol–water partition coefficient (Wildman–Crippen LogP) is 3.68. The fourth-order valence-corrected chi connectivity index (χ4v) is 4.57. The molecule has 0 saturated carbocycles. The third kappa shape index (κ3) is 4.40. The van der Waals surface area contributed by atoms with Crippen molar-refractivity contribution in [1.29, 1.82) is 0 Å². The fraction of sp³-hybridized carbons (Fsp3) is 0.320. The first kappa shape index (κ1) is 20.7. The Balaban J connectivity index is 1.27. The molecule has 1 unspecified atom stereocenters. The van der Waals surface area contributed by atoms with Gasteiger partial charge in [-0.2, -0.15) is 0 Å². The van der Waals surface area contributed by atoms with E-state index in [-0.39, 0.29) is 18.3 Å². The molecule has 0 radical (unpaired) electrons. The number of hydrogen-bond donors (Lipinski definition) is 0. The second-order valence-corrected chi connectivity index (χ2v) is 8.52. The molecular formula is C25H25FN4O2. The highest BCUT2D eigenvalue weighted by molar-refractivity contribution is 5.95. The highest BCUT2D eigenvalue weighted by atomic mass is 19.1. The largest absolute Gasteiger partial charge is 0.362 e. The van der Waals surface area contributed by atoms with Crippen molar-refractivity contribution >= 4 is 11.6 Å². The lowest BCUT2D eigenvalue weighted by Crippen LogP contribution is -2.61. The van der Waals surface area contributed by atoms with Gasteiger partial charge in [-0.15, -0.1) is 0 Å². The van der Waals surface area contributed by atoms with E-state index < -0.39 is 5.60 Å². The zero-order chi connectivity index (χ0) is 22.0. The van der Waals surface area contributed by atoms with E-state index in [9.17, 15) is 9.18 Å². The minimum absolute atomic E-state index is 0.0418. The molecule has 3 aromatic rings. The number of anilines is 1. The van der Waals surface area contributed by atoms with E-state index >= 15 is 0 Å². The third-order valence-corrected chi connectivity index (χ3v) is 6.15. The number of morpholine rings is 1. The van der Waals surface area contributed by atoms with Crippen LogP contribution in [0.15, 0.2) is 67.0 Å². The number of benzene rings is 2. The fourth-order valence-electron chi connectivity index (χ4n) is 4.57. The number of amides is 1. The second-order valence-electron chi connectivity index (χ2n) is 8.52. The topological polar surface area (TPSA) is 58.6 Å². The number of rotatable bonds is 4. The summed E-state index contributed by atoms with van der Waals surface area (Å²) in [5, 5.41) is 0. The Kier molecular flexibility index (Phi) is 5.68. The van der Waals surface area contributed by atoms with Crippen LogP contribution in [0.4, 0.5) is 10.1 Å². The SMILES string of the molecule is O=C1COC2(CCCN(Cc3cnc(-c4ccccc4)nc3)C2)CN1c1ccc(F)cc1. The minimum Gasteiger partial charge on any atom is -0.362 e. The van der Waals surface area contributed by atoms with Crippen molar-refractivity contribution in [2.45, 2.75) is 25.0 Å². The van der Waals surface area contributed by atoms with Gasteiger partial charge in [0, 0.05) is 42.3 Å². The van der Waals surface area contributed by atoms with Gasteiger partial charge >= 0.3 is 0 Å².